The normalized spacial score (nSPS) is 12.7. The number of hydrogen-bond acceptors (Lipinski definition) is 26. The molecule has 0 atom stereocenters. The molecule has 1 saturated carbocycles. The molecule has 20 aromatic rings. The number of aliphatic hydroxyl groups excluding tert-OH is 1. The van der Waals surface area contributed by atoms with E-state index in [4.69, 9.17) is 76.1 Å². The first kappa shape index (κ1) is 96.7. The van der Waals surface area contributed by atoms with Crippen molar-refractivity contribution in [1.82, 2.24) is 88.1 Å². The summed E-state index contributed by atoms with van der Waals surface area (Å²) in [5, 5.41) is 31.3. The summed E-state index contributed by atoms with van der Waals surface area (Å²) in [5.41, 5.74) is 37.7. The topological polar surface area (TPSA) is 382 Å². The molecular formula is C109H102F4N22O9S. The number of thiophene rings is 1. The van der Waals surface area contributed by atoms with Gasteiger partial charge in [-0.1, -0.05) is 43.2 Å². The standard InChI is InChI=1S/C30H28FN5O2.C28H27FN6O2.C26H25FN6O2.C25H22FN5O3S/c31-23-16-21(7-6-20-4-2-1-3-5-20)17-26(18-23)38-25-10-8-22(9-11-25)28-27-29(32)33-19-34-30(27)36(35-28)24-12-14-37-15-13-24;1-34-12-4-7-21(34)16-36-23-13-19(29)14-24(15-23)37-22-10-8-18(9-11-22)26-25-27(30)31-17-32-28(25)35(33-26)20-5-2-3-6-20;1-16(2)33-26-23(25(28)29-15-30-26)24(31-33)17-6-8-20(9-7-17)35-22-12-18(27)11-21(13-22)34-14-19-5-4-10-32(19)3;1-15-2-7-21(35-15)13-33-19-10-17(26)11-20(12-19)34-18-5-3-16(4-6-18)23-22-24(27)28-14-29-25(22)31(30-23)8-9-32/h1-5,8-11,16-19,24H,6-7,12-15H2,(H2,32,33,34);4,7-15,17,20H,2-3,5-6,16H2,1H3,(H2,30,31,32);4-13,15-16H,14H2,1-3H3,(H2,28,29,30);2-7,10-12,14,32H,8-9,13H2,1H3,(H2,27,28,29). The summed E-state index contributed by atoms with van der Waals surface area (Å²) in [6.45, 7) is 8.69. The highest BCUT2D eigenvalue weighted by atomic mass is 32.1. The quantitative estimate of drug-likeness (QED) is 0.0272. The summed E-state index contributed by atoms with van der Waals surface area (Å²) < 4.78 is 115. The molecular weight excluding hydrogens is 1870 g/mol. The van der Waals surface area contributed by atoms with Gasteiger partial charge in [-0.3, -0.25) is 0 Å². The van der Waals surface area contributed by atoms with Gasteiger partial charge in [0.1, 0.15) is 178 Å². The summed E-state index contributed by atoms with van der Waals surface area (Å²) in [5.74, 6) is 4.72. The second kappa shape index (κ2) is 44.0. The average molecular weight is 1970 g/mol. The summed E-state index contributed by atoms with van der Waals surface area (Å²) in [4.78, 5) is 36.5. The molecule has 1 aliphatic carbocycles. The van der Waals surface area contributed by atoms with Gasteiger partial charge in [0.15, 0.2) is 22.6 Å². The van der Waals surface area contributed by atoms with Crippen LogP contribution in [0.15, 0.2) is 274 Å². The molecule has 2 aliphatic rings. The maximum atomic E-state index is 14.4. The van der Waals surface area contributed by atoms with Gasteiger partial charge in [-0.2, -0.15) is 20.4 Å². The van der Waals surface area contributed by atoms with Gasteiger partial charge < -0.3 is 75.1 Å². The Morgan fingerprint density at radius 1 is 0.386 bits per heavy atom. The minimum Gasteiger partial charge on any atom is -0.488 e. The fourth-order valence-corrected chi connectivity index (χ4v) is 18.2. The molecule has 9 N–H and O–H groups in total. The van der Waals surface area contributed by atoms with E-state index in [1.54, 1.807) is 64.5 Å². The third-order valence-electron chi connectivity index (χ3n) is 24.6. The van der Waals surface area contributed by atoms with Crippen LogP contribution in [-0.2, 0) is 58.0 Å². The molecule has 0 unspecified atom stereocenters. The van der Waals surface area contributed by atoms with Crippen molar-refractivity contribution in [1.29, 1.82) is 0 Å². The van der Waals surface area contributed by atoms with Crippen LogP contribution >= 0.6 is 11.3 Å². The smallest absolute Gasteiger partial charge is 0.164 e. The van der Waals surface area contributed by atoms with Gasteiger partial charge in [-0.05, 0) is 216 Å². The third-order valence-corrected chi connectivity index (χ3v) is 25.6. The summed E-state index contributed by atoms with van der Waals surface area (Å²) in [7, 11) is 3.87. The van der Waals surface area contributed by atoms with E-state index >= 15 is 0 Å². The van der Waals surface area contributed by atoms with Crippen LogP contribution in [0.2, 0.25) is 0 Å². The van der Waals surface area contributed by atoms with Gasteiger partial charge >= 0.3 is 0 Å². The number of aromatic nitrogens is 18. The first-order valence-electron chi connectivity index (χ1n) is 47.2. The molecule has 0 spiro atoms. The first-order valence-corrected chi connectivity index (χ1v) is 48.0. The van der Waals surface area contributed by atoms with Crippen LogP contribution in [0, 0.1) is 30.2 Å². The minimum atomic E-state index is -0.451. The lowest BCUT2D eigenvalue weighted by Crippen LogP contribution is -2.20. The molecule has 1 saturated heterocycles. The maximum absolute atomic E-state index is 14.4. The van der Waals surface area contributed by atoms with E-state index in [2.05, 4.69) is 57.1 Å². The Morgan fingerprint density at radius 2 is 0.766 bits per heavy atom. The number of fused-ring (bicyclic) bond motifs is 4. The van der Waals surface area contributed by atoms with Crippen molar-refractivity contribution in [3.63, 3.8) is 0 Å². The molecule has 1 aliphatic heterocycles. The van der Waals surface area contributed by atoms with Crippen molar-refractivity contribution in [2.75, 3.05) is 42.8 Å². The van der Waals surface area contributed by atoms with Crippen LogP contribution in [0.4, 0.5) is 40.8 Å². The predicted molar refractivity (Wildman–Crippen MR) is 547 cm³/mol. The lowest BCUT2D eigenvalue weighted by Gasteiger charge is -2.22. The second-order valence-corrected chi connectivity index (χ2v) is 36.5. The van der Waals surface area contributed by atoms with E-state index in [0.717, 1.165) is 116 Å². The van der Waals surface area contributed by atoms with E-state index < -0.39 is 17.5 Å². The lowest BCUT2D eigenvalue weighted by molar-refractivity contribution is 0.0674. The molecule has 22 rings (SSSR count). The zero-order chi connectivity index (χ0) is 100. The van der Waals surface area contributed by atoms with E-state index in [-0.39, 0.29) is 31.1 Å². The molecule has 31 nitrogen and oxygen atoms in total. The van der Waals surface area contributed by atoms with Crippen LogP contribution in [0.5, 0.6) is 63.2 Å². The molecule has 9 aromatic carbocycles. The van der Waals surface area contributed by atoms with Crippen LogP contribution in [-0.4, -0.2) is 113 Å². The number of nitrogen functional groups attached to an aromatic ring is 4. The van der Waals surface area contributed by atoms with Crippen LogP contribution in [0.1, 0.15) is 103 Å². The highest BCUT2D eigenvalue weighted by molar-refractivity contribution is 7.11. The Morgan fingerprint density at radius 3 is 1.19 bits per heavy atom. The van der Waals surface area contributed by atoms with Crippen LogP contribution < -0.4 is 56.1 Å². The number of benzene rings is 9. The van der Waals surface area contributed by atoms with Gasteiger partial charge in [-0.25, -0.2) is 76.2 Å². The number of anilines is 4. The predicted octanol–water partition coefficient (Wildman–Crippen LogP) is 22.6. The minimum absolute atomic E-state index is 0.0841. The number of ether oxygens (including phenoxy) is 8. The maximum Gasteiger partial charge on any atom is 0.164 e. The fourth-order valence-electron chi connectivity index (χ4n) is 17.4. The Kier molecular flexibility index (Phi) is 29.3. The highest BCUT2D eigenvalue weighted by Gasteiger charge is 2.29. The summed E-state index contributed by atoms with van der Waals surface area (Å²) >= 11 is 1.64. The second-order valence-electron chi connectivity index (χ2n) is 35.1. The Balaban J connectivity index is 0.000000122. The summed E-state index contributed by atoms with van der Waals surface area (Å²) in [6, 6.07) is 69.9. The Hall–Kier alpha value is -17.1. The molecule has 145 heavy (non-hydrogen) atoms. The van der Waals surface area contributed by atoms with Crippen molar-refractivity contribution in [2.45, 2.75) is 117 Å². The van der Waals surface area contributed by atoms with Crippen molar-refractivity contribution >= 4 is 78.7 Å². The number of halogens is 4. The van der Waals surface area contributed by atoms with E-state index in [0.29, 0.717) is 159 Å². The zero-order valence-electron chi connectivity index (χ0n) is 79.8. The molecule has 0 bridgehead atoms. The van der Waals surface area contributed by atoms with Crippen LogP contribution in [0.25, 0.3) is 89.2 Å². The van der Waals surface area contributed by atoms with Gasteiger partial charge in [0.2, 0.25) is 0 Å². The molecule has 0 radical (unpaired) electrons. The molecule has 12 heterocycles. The number of aryl methyl sites for hydroxylation is 5. The highest BCUT2D eigenvalue weighted by Crippen LogP contribution is 2.43. The Labute approximate surface area is 834 Å². The zero-order valence-corrected chi connectivity index (χ0v) is 80.6. The SMILES string of the molecule is CC(C)n1nc(-c2ccc(Oc3cc(F)cc(OCc4cccn4C)c3)cc2)c2c(N)ncnc21.Cc1ccc(COc2cc(F)cc(Oc3ccc(-c4nn(CCO)c5ncnc(N)c45)cc3)c2)s1.Cn1cccc1COc1cc(F)cc(Oc2ccc(-c3nn(C4CCCC4)c4ncnc(N)c34)cc2)c1.Nc1ncnc2c1c(-c1ccc(Oc3cc(F)cc(CCc4ccccc4)c3)cc1)nn2C1CCOCC1. The van der Waals surface area contributed by atoms with Gasteiger partial charge in [0, 0.05) is 138 Å². The first-order chi connectivity index (χ1) is 70.6. The molecule has 0 amide bonds. The molecule has 736 valence electrons. The van der Waals surface area contributed by atoms with Crippen molar-refractivity contribution in [3.05, 3.63) is 330 Å². The molecule has 11 aromatic heterocycles. The molecule has 36 heteroatoms. The Bertz CT molecular complexity index is 7920. The number of nitrogens with two attached hydrogens (primary N) is 4. The fraction of sp³-hybridized carbons (Fsp3) is 0.211. The summed E-state index contributed by atoms with van der Waals surface area (Å²) in [6.07, 6.45) is 17.5. The van der Waals surface area contributed by atoms with Crippen molar-refractivity contribution in [2.24, 2.45) is 14.1 Å². The third kappa shape index (κ3) is 22.9. The lowest BCUT2D eigenvalue weighted by atomic mass is 10.0. The van der Waals surface area contributed by atoms with Crippen molar-refractivity contribution in [3.8, 4) is 108 Å². The molecule has 2 fully saturated rings. The number of hydrogen-bond donors (Lipinski definition) is 5. The van der Waals surface area contributed by atoms with E-state index in [1.165, 1.54) is 91.1 Å². The largest absolute Gasteiger partial charge is 0.488 e. The van der Waals surface area contributed by atoms with Crippen molar-refractivity contribution < 1.29 is 60.6 Å². The monoisotopic (exact) mass is 1970 g/mol. The van der Waals surface area contributed by atoms with Gasteiger partial charge in [0.05, 0.1) is 58.2 Å². The average Bonchev–Trinajstić information content (AvgIpc) is 1.61. The van der Waals surface area contributed by atoms with Crippen LogP contribution in [0.3, 0.4) is 0 Å². The number of aliphatic hydroxyl groups is 1. The van der Waals surface area contributed by atoms with Gasteiger partial charge in [0.25, 0.3) is 0 Å². The van der Waals surface area contributed by atoms with Gasteiger partial charge in [-0.15, -0.1) is 11.3 Å². The van der Waals surface area contributed by atoms with E-state index in [1.807, 2.05) is 204 Å². The number of rotatable bonds is 29. The van der Waals surface area contributed by atoms with E-state index in [9.17, 15) is 22.7 Å². The number of nitrogens with zero attached hydrogens (tertiary/aromatic N) is 18.